The van der Waals surface area contributed by atoms with Crippen LogP contribution in [0.25, 0.3) is 0 Å². The Bertz CT molecular complexity index is 129. The average molecular weight is 126 g/mol. The van der Waals surface area contributed by atoms with E-state index in [0.29, 0.717) is 0 Å². The van der Waals surface area contributed by atoms with Crippen molar-refractivity contribution < 1.29 is 4.74 Å². The molecule has 1 fully saturated rings. The van der Waals surface area contributed by atoms with Crippen molar-refractivity contribution in [3.63, 3.8) is 0 Å². The summed E-state index contributed by atoms with van der Waals surface area (Å²) in [7, 11) is 0. The van der Waals surface area contributed by atoms with Crippen molar-refractivity contribution in [2.45, 2.75) is 26.7 Å². The second-order valence-corrected chi connectivity index (χ2v) is 2.94. The summed E-state index contributed by atoms with van der Waals surface area (Å²) in [6.45, 7) is 9.11. The van der Waals surface area contributed by atoms with E-state index in [0.717, 1.165) is 25.2 Å². The molecule has 1 rings (SSSR count). The summed E-state index contributed by atoms with van der Waals surface area (Å²) in [4.78, 5) is 0. The number of hydrogen-bond donors (Lipinski definition) is 0. The lowest BCUT2D eigenvalue weighted by Crippen LogP contribution is -2.11. The van der Waals surface area contributed by atoms with Gasteiger partial charge >= 0.3 is 0 Å². The van der Waals surface area contributed by atoms with Gasteiger partial charge in [0, 0.05) is 5.41 Å². The molecular formula is C8H14O. The van der Waals surface area contributed by atoms with Crippen molar-refractivity contribution in [3.8, 4) is 0 Å². The van der Waals surface area contributed by atoms with Gasteiger partial charge in [-0.3, -0.25) is 0 Å². The highest BCUT2D eigenvalue weighted by Crippen LogP contribution is 2.39. The second kappa shape index (κ2) is 2.05. The van der Waals surface area contributed by atoms with Gasteiger partial charge in [0.2, 0.25) is 0 Å². The number of rotatable bonds is 1. The number of ether oxygens (including phenoxy) is 1. The lowest BCUT2D eigenvalue weighted by Gasteiger charge is -2.19. The topological polar surface area (TPSA) is 9.23 Å². The molecule has 1 aliphatic heterocycles. The Morgan fingerprint density at radius 2 is 2.44 bits per heavy atom. The summed E-state index contributed by atoms with van der Waals surface area (Å²) in [6, 6.07) is 0. The summed E-state index contributed by atoms with van der Waals surface area (Å²) < 4.78 is 5.26. The quantitative estimate of drug-likeness (QED) is 0.524. The van der Waals surface area contributed by atoms with Gasteiger partial charge in [-0.25, -0.2) is 0 Å². The van der Waals surface area contributed by atoms with Gasteiger partial charge in [0.05, 0.1) is 12.4 Å². The van der Waals surface area contributed by atoms with Crippen LogP contribution in [-0.2, 0) is 4.74 Å². The molecular weight excluding hydrogens is 112 g/mol. The third kappa shape index (κ3) is 0.958. The third-order valence-corrected chi connectivity index (χ3v) is 2.38. The van der Waals surface area contributed by atoms with E-state index in [1.165, 1.54) is 0 Å². The molecule has 0 aromatic heterocycles. The first kappa shape index (κ1) is 6.66. The van der Waals surface area contributed by atoms with E-state index in [1.54, 1.807) is 0 Å². The molecule has 1 aliphatic rings. The molecule has 1 unspecified atom stereocenters. The van der Waals surface area contributed by atoms with Crippen LogP contribution in [0.4, 0.5) is 0 Å². The Morgan fingerprint density at radius 3 is 2.67 bits per heavy atom. The minimum Gasteiger partial charge on any atom is -0.498 e. The van der Waals surface area contributed by atoms with Crippen LogP contribution < -0.4 is 0 Å². The van der Waals surface area contributed by atoms with Crippen molar-refractivity contribution in [2.24, 2.45) is 5.41 Å². The van der Waals surface area contributed by atoms with Crippen LogP contribution in [0, 0.1) is 5.41 Å². The number of allylic oxidation sites excluding steroid dienone is 1. The van der Waals surface area contributed by atoms with Crippen molar-refractivity contribution in [1.29, 1.82) is 0 Å². The summed E-state index contributed by atoms with van der Waals surface area (Å²) in [5.74, 6) is 0.977. The minimum absolute atomic E-state index is 0.278. The monoisotopic (exact) mass is 126 g/mol. The Balaban J connectivity index is 2.67. The van der Waals surface area contributed by atoms with Gasteiger partial charge in [0.15, 0.2) is 0 Å². The molecule has 0 aromatic carbocycles. The molecule has 1 nitrogen and oxygen atoms in total. The summed E-state index contributed by atoms with van der Waals surface area (Å²) in [5.41, 5.74) is 0.278. The first-order valence-electron chi connectivity index (χ1n) is 3.51. The molecule has 52 valence electrons. The van der Waals surface area contributed by atoms with Gasteiger partial charge in [0.25, 0.3) is 0 Å². The maximum atomic E-state index is 5.26. The Kier molecular flexibility index (Phi) is 1.52. The molecule has 0 spiro atoms. The lowest BCUT2D eigenvalue weighted by atomic mass is 9.85. The Hall–Kier alpha value is -0.460. The average Bonchev–Trinajstić information content (AvgIpc) is 2.15. The zero-order valence-corrected chi connectivity index (χ0v) is 6.24. The highest BCUT2D eigenvalue weighted by atomic mass is 16.5. The van der Waals surface area contributed by atoms with Gasteiger partial charge in [-0.2, -0.15) is 0 Å². The fraction of sp³-hybridized carbons (Fsp3) is 0.750. The summed E-state index contributed by atoms with van der Waals surface area (Å²) in [6.07, 6.45) is 2.29. The fourth-order valence-corrected chi connectivity index (χ4v) is 1.09. The van der Waals surface area contributed by atoms with Gasteiger partial charge in [-0.05, 0) is 12.8 Å². The molecule has 0 radical (unpaired) electrons. The van der Waals surface area contributed by atoms with Gasteiger partial charge in [0.1, 0.15) is 0 Å². The minimum atomic E-state index is 0.278. The third-order valence-electron chi connectivity index (χ3n) is 2.38. The zero-order chi connectivity index (χ0) is 6.91. The van der Waals surface area contributed by atoms with E-state index in [2.05, 4.69) is 20.4 Å². The van der Waals surface area contributed by atoms with Crippen LogP contribution >= 0.6 is 0 Å². The molecule has 1 heterocycles. The summed E-state index contributed by atoms with van der Waals surface area (Å²) >= 11 is 0. The SMILES string of the molecule is C=C1OCCC1(C)CC. The van der Waals surface area contributed by atoms with Crippen LogP contribution in [0.2, 0.25) is 0 Å². The highest BCUT2D eigenvalue weighted by Gasteiger charge is 2.32. The van der Waals surface area contributed by atoms with E-state index in [4.69, 9.17) is 4.74 Å². The molecule has 0 bridgehead atoms. The number of hydrogen-bond acceptors (Lipinski definition) is 1. The van der Waals surface area contributed by atoms with Gasteiger partial charge in [-0.1, -0.05) is 20.4 Å². The smallest absolute Gasteiger partial charge is 0.0948 e. The molecule has 0 N–H and O–H groups in total. The molecule has 0 aliphatic carbocycles. The van der Waals surface area contributed by atoms with Crippen molar-refractivity contribution in [2.75, 3.05) is 6.61 Å². The Labute approximate surface area is 56.7 Å². The van der Waals surface area contributed by atoms with Crippen molar-refractivity contribution in [3.05, 3.63) is 12.3 Å². The van der Waals surface area contributed by atoms with E-state index < -0.39 is 0 Å². The van der Waals surface area contributed by atoms with Crippen molar-refractivity contribution in [1.82, 2.24) is 0 Å². The molecule has 1 saturated heterocycles. The highest BCUT2D eigenvalue weighted by molar-refractivity contribution is 5.04. The van der Waals surface area contributed by atoms with Crippen LogP contribution in [0.3, 0.4) is 0 Å². The first-order valence-corrected chi connectivity index (χ1v) is 3.51. The molecule has 0 saturated carbocycles. The lowest BCUT2D eigenvalue weighted by molar-refractivity contribution is 0.246. The molecule has 1 heteroatoms. The molecule has 0 amide bonds. The summed E-state index contributed by atoms with van der Waals surface area (Å²) in [5, 5.41) is 0. The predicted octanol–water partition coefficient (Wildman–Crippen LogP) is 2.34. The van der Waals surface area contributed by atoms with E-state index in [9.17, 15) is 0 Å². The zero-order valence-electron chi connectivity index (χ0n) is 6.24. The van der Waals surface area contributed by atoms with Crippen LogP contribution in [0.1, 0.15) is 26.7 Å². The van der Waals surface area contributed by atoms with Crippen LogP contribution in [-0.4, -0.2) is 6.61 Å². The van der Waals surface area contributed by atoms with Crippen LogP contribution in [0.5, 0.6) is 0 Å². The fourth-order valence-electron chi connectivity index (χ4n) is 1.09. The van der Waals surface area contributed by atoms with Crippen molar-refractivity contribution >= 4 is 0 Å². The van der Waals surface area contributed by atoms with Crippen LogP contribution in [0.15, 0.2) is 12.3 Å². The standard InChI is InChI=1S/C8H14O/c1-4-8(3)5-6-9-7(8)2/h2,4-6H2,1,3H3. The molecule has 1 atom stereocenters. The van der Waals surface area contributed by atoms with Gasteiger partial charge in [-0.15, -0.1) is 0 Å². The predicted molar refractivity (Wildman–Crippen MR) is 38.1 cm³/mol. The first-order chi connectivity index (χ1) is 4.19. The Morgan fingerprint density at radius 1 is 1.78 bits per heavy atom. The van der Waals surface area contributed by atoms with E-state index in [1.807, 2.05) is 0 Å². The van der Waals surface area contributed by atoms with E-state index in [-0.39, 0.29) is 5.41 Å². The molecule has 9 heavy (non-hydrogen) atoms. The van der Waals surface area contributed by atoms with Gasteiger partial charge < -0.3 is 4.74 Å². The largest absolute Gasteiger partial charge is 0.498 e. The second-order valence-electron chi connectivity index (χ2n) is 2.94. The molecule has 0 aromatic rings. The van der Waals surface area contributed by atoms with E-state index >= 15 is 0 Å². The normalized spacial score (nSPS) is 34.7. The maximum absolute atomic E-state index is 5.26. The maximum Gasteiger partial charge on any atom is 0.0948 e.